The van der Waals surface area contributed by atoms with E-state index in [1.54, 1.807) is 0 Å². The van der Waals surface area contributed by atoms with Crippen LogP contribution in [-0.4, -0.2) is 30.9 Å². The summed E-state index contributed by atoms with van der Waals surface area (Å²) in [5.41, 5.74) is 2.36. The maximum absolute atomic E-state index is 12.3. The summed E-state index contributed by atoms with van der Waals surface area (Å²) in [4.78, 5) is 12.3. The normalized spacial score (nSPS) is 24.5. The first kappa shape index (κ1) is 17.5. The maximum atomic E-state index is 12.3. The lowest BCUT2D eigenvalue weighted by atomic mass is 9.79. The monoisotopic (exact) mass is 349 g/mol. The number of aryl methyl sites for hydroxylation is 1. The van der Waals surface area contributed by atoms with Gasteiger partial charge in [-0.1, -0.05) is 37.1 Å². The first-order chi connectivity index (χ1) is 11.4. The van der Waals surface area contributed by atoms with Crippen molar-refractivity contribution in [3.8, 4) is 0 Å². The third-order valence-electron chi connectivity index (χ3n) is 5.51. The summed E-state index contributed by atoms with van der Waals surface area (Å²) in [5.74, 6) is -0.158. The molecule has 1 amide bonds. The number of nitrogens with one attached hydrogen (secondary N) is 1. The predicted molar refractivity (Wildman–Crippen MR) is 95.7 cm³/mol. The highest BCUT2D eigenvalue weighted by atomic mass is 32.2. The molecule has 1 aromatic rings. The third-order valence-corrected chi connectivity index (χ3v) is 7.77. The standard InChI is InChI=1S/C19H27NO3S/c1-19(12-10-15-6-2-3-7-16(15)14-19)20-18(21)11-13-24(22,23)17-8-4-5-9-17/h2-3,6-7,17H,4-5,8-14H2,1H3,(H,20,21)/t19-/m0/s1. The molecule has 0 heterocycles. The van der Waals surface area contributed by atoms with Gasteiger partial charge in [0.1, 0.15) is 0 Å². The topological polar surface area (TPSA) is 63.2 Å². The van der Waals surface area contributed by atoms with Crippen molar-refractivity contribution in [2.24, 2.45) is 0 Å². The maximum Gasteiger partial charge on any atom is 0.221 e. The molecule has 1 atom stereocenters. The van der Waals surface area contributed by atoms with Gasteiger partial charge in [-0.05, 0) is 50.2 Å². The highest BCUT2D eigenvalue weighted by molar-refractivity contribution is 7.92. The molecule has 0 unspecified atom stereocenters. The second-order valence-corrected chi connectivity index (χ2v) is 9.98. The number of amides is 1. The first-order valence-corrected chi connectivity index (χ1v) is 10.7. The number of sulfone groups is 1. The van der Waals surface area contributed by atoms with Gasteiger partial charge < -0.3 is 5.32 Å². The van der Waals surface area contributed by atoms with Gasteiger partial charge in [0.15, 0.2) is 9.84 Å². The van der Waals surface area contributed by atoms with Crippen molar-refractivity contribution >= 4 is 15.7 Å². The Morgan fingerprint density at radius 2 is 1.88 bits per heavy atom. The second-order valence-electron chi connectivity index (χ2n) is 7.58. The fourth-order valence-corrected chi connectivity index (χ4v) is 5.90. The zero-order valence-corrected chi connectivity index (χ0v) is 15.2. The Bertz CT molecular complexity index is 707. The number of hydrogen-bond acceptors (Lipinski definition) is 3. The summed E-state index contributed by atoms with van der Waals surface area (Å²) in [7, 11) is -3.13. The molecule has 0 bridgehead atoms. The van der Waals surface area contributed by atoms with Crippen LogP contribution in [0.4, 0.5) is 0 Å². The van der Waals surface area contributed by atoms with Crippen LogP contribution in [0.1, 0.15) is 56.6 Å². The molecule has 1 saturated carbocycles. The molecular formula is C19H27NO3S. The lowest BCUT2D eigenvalue weighted by molar-refractivity contribution is -0.122. The minimum atomic E-state index is -3.13. The average Bonchev–Trinajstić information content (AvgIpc) is 3.08. The van der Waals surface area contributed by atoms with Gasteiger partial charge in [0.05, 0.1) is 11.0 Å². The summed E-state index contributed by atoms with van der Waals surface area (Å²) >= 11 is 0. The van der Waals surface area contributed by atoms with Crippen LogP contribution < -0.4 is 5.32 Å². The molecule has 1 aromatic carbocycles. The molecular weight excluding hydrogens is 322 g/mol. The van der Waals surface area contributed by atoms with Crippen LogP contribution in [0.25, 0.3) is 0 Å². The molecule has 0 radical (unpaired) electrons. The van der Waals surface area contributed by atoms with E-state index in [1.165, 1.54) is 11.1 Å². The Labute approximate surface area is 145 Å². The molecule has 0 saturated heterocycles. The molecule has 5 heteroatoms. The Balaban J connectivity index is 1.55. The van der Waals surface area contributed by atoms with Crippen molar-refractivity contribution in [1.29, 1.82) is 0 Å². The largest absolute Gasteiger partial charge is 0.351 e. The van der Waals surface area contributed by atoms with Gasteiger partial charge in [-0.15, -0.1) is 0 Å². The van der Waals surface area contributed by atoms with Crippen molar-refractivity contribution in [3.05, 3.63) is 35.4 Å². The van der Waals surface area contributed by atoms with Gasteiger partial charge in [0.25, 0.3) is 0 Å². The van der Waals surface area contributed by atoms with E-state index in [4.69, 9.17) is 0 Å². The summed E-state index contributed by atoms with van der Waals surface area (Å²) in [6.07, 6.45) is 6.25. The van der Waals surface area contributed by atoms with Crippen molar-refractivity contribution in [2.75, 3.05) is 5.75 Å². The Morgan fingerprint density at radius 1 is 1.21 bits per heavy atom. The Morgan fingerprint density at radius 3 is 2.58 bits per heavy atom. The molecule has 4 nitrogen and oxygen atoms in total. The summed E-state index contributed by atoms with van der Waals surface area (Å²) in [5, 5.41) is 2.88. The van der Waals surface area contributed by atoms with E-state index in [0.29, 0.717) is 0 Å². The van der Waals surface area contributed by atoms with Crippen molar-refractivity contribution < 1.29 is 13.2 Å². The van der Waals surface area contributed by atoms with Gasteiger partial charge in [-0.2, -0.15) is 0 Å². The molecule has 2 aliphatic carbocycles. The van der Waals surface area contributed by atoms with Crippen molar-refractivity contribution in [1.82, 2.24) is 5.32 Å². The number of fused-ring (bicyclic) bond motifs is 1. The van der Waals surface area contributed by atoms with E-state index in [9.17, 15) is 13.2 Å². The van der Waals surface area contributed by atoms with Gasteiger partial charge in [-0.3, -0.25) is 4.79 Å². The quantitative estimate of drug-likeness (QED) is 0.889. The number of rotatable bonds is 5. The molecule has 2 aliphatic rings. The molecule has 3 rings (SSSR count). The van der Waals surface area contributed by atoms with Crippen LogP contribution >= 0.6 is 0 Å². The predicted octanol–water partition coefficient (Wildman–Crippen LogP) is 2.80. The number of carbonyl (C=O) groups excluding carboxylic acids is 1. The van der Waals surface area contributed by atoms with Gasteiger partial charge in [-0.25, -0.2) is 8.42 Å². The highest BCUT2D eigenvalue weighted by Gasteiger charge is 2.33. The van der Waals surface area contributed by atoms with E-state index in [0.717, 1.165) is 44.9 Å². The minimum absolute atomic E-state index is 0.0177. The van der Waals surface area contributed by atoms with Crippen LogP contribution in [0.2, 0.25) is 0 Å². The average molecular weight is 349 g/mol. The lowest BCUT2D eigenvalue weighted by Gasteiger charge is -2.36. The second kappa shape index (κ2) is 6.87. The van der Waals surface area contributed by atoms with E-state index in [2.05, 4.69) is 24.4 Å². The fraction of sp³-hybridized carbons (Fsp3) is 0.632. The van der Waals surface area contributed by atoms with Gasteiger partial charge >= 0.3 is 0 Å². The minimum Gasteiger partial charge on any atom is -0.351 e. The van der Waals surface area contributed by atoms with E-state index in [1.807, 2.05) is 12.1 Å². The van der Waals surface area contributed by atoms with Crippen LogP contribution in [0.15, 0.2) is 24.3 Å². The summed E-state index contributed by atoms with van der Waals surface area (Å²) in [6, 6.07) is 8.34. The lowest BCUT2D eigenvalue weighted by Crippen LogP contribution is -2.50. The summed E-state index contributed by atoms with van der Waals surface area (Å²) < 4.78 is 24.6. The van der Waals surface area contributed by atoms with Crippen molar-refractivity contribution in [2.45, 2.75) is 69.1 Å². The molecule has 0 aliphatic heterocycles. The number of carbonyl (C=O) groups is 1. The number of benzene rings is 1. The smallest absolute Gasteiger partial charge is 0.221 e. The van der Waals surface area contributed by atoms with Gasteiger partial charge in [0.2, 0.25) is 5.91 Å². The molecule has 0 spiro atoms. The van der Waals surface area contributed by atoms with Crippen LogP contribution in [-0.2, 0) is 27.5 Å². The molecule has 132 valence electrons. The first-order valence-electron chi connectivity index (χ1n) is 8.97. The summed E-state index contributed by atoms with van der Waals surface area (Å²) in [6.45, 7) is 2.06. The highest BCUT2D eigenvalue weighted by Crippen LogP contribution is 2.29. The Kier molecular flexibility index (Phi) is 5.00. The van der Waals surface area contributed by atoms with Crippen LogP contribution in [0.3, 0.4) is 0 Å². The van der Waals surface area contributed by atoms with E-state index in [-0.39, 0.29) is 28.9 Å². The number of hydrogen-bond donors (Lipinski definition) is 1. The zero-order valence-electron chi connectivity index (χ0n) is 14.4. The zero-order chi connectivity index (χ0) is 17.2. The molecule has 24 heavy (non-hydrogen) atoms. The van der Waals surface area contributed by atoms with E-state index >= 15 is 0 Å². The van der Waals surface area contributed by atoms with Crippen LogP contribution in [0.5, 0.6) is 0 Å². The Hall–Kier alpha value is -1.36. The molecule has 1 fully saturated rings. The SMILES string of the molecule is C[C@]1(NC(=O)CCS(=O)(=O)C2CCCC2)CCc2ccccc2C1. The van der Waals surface area contributed by atoms with Crippen LogP contribution in [0, 0.1) is 0 Å². The fourth-order valence-electron chi connectivity index (χ4n) is 4.05. The third kappa shape index (κ3) is 4.00. The van der Waals surface area contributed by atoms with E-state index < -0.39 is 9.84 Å². The molecule has 1 N–H and O–H groups in total. The van der Waals surface area contributed by atoms with Crippen molar-refractivity contribution in [3.63, 3.8) is 0 Å². The molecule has 0 aromatic heterocycles. The van der Waals surface area contributed by atoms with Gasteiger partial charge in [0, 0.05) is 12.0 Å².